The van der Waals surface area contributed by atoms with Crippen LogP contribution in [0, 0.1) is 0 Å². The molecular weight excluding hydrogens is 158 g/mol. The van der Waals surface area contributed by atoms with Crippen LogP contribution in [0.25, 0.3) is 0 Å². The number of aliphatic hydroxyl groups is 1. The zero-order valence-corrected chi connectivity index (χ0v) is 7.66. The maximum absolute atomic E-state index is 10.2. The first-order valence-electron chi connectivity index (χ1n) is 4.22. The van der Waals surface area contributed by atoms with Gasteiger partial charge in [0.25, 0.3) is 0 Å². The summed E-state index contributed by atoms with van der Waals surface area (Å²) in [6, 6.07) is 0. The minimum Gasteiger partial charge on any atom is -0.481 e. The Morgan fingerprint density at radius 2 is 1.92 bits per heavy atom. The molecule has 0 saturated carbocycles. The molecule has 0 bridgehead atoms. The first-order chi connectivity index (χ1) is 5.60. The molecule has 0 radical (unpaired) electrons. The van der Waals surface area contributed by atoms with Crippen LogP contribution in [0.2, 0.25) is 0 Å². The van der Waals surface area contributed by atoms with E-state index in [0.717, 1.165) is 13.1 Å². The topological polar surface area (TPSA) is 60.8 Å². The van der Waals surface area contributed by atoms with E-state index in [2.05, 4.69) is 0 Å². The van der Waals surface area contributed by atoms with Crippen molar-refractivity contribution >= 4 is 5.97 Å². The van der Waals surface area contributed by atoms with Gasteiger partial charge in [-0.3, -0.25) is 4.79 Å². The number of aliphatic hydroxyl groups excluding tert-OH is 1. The number of rotatable bonds is 6. The molecule has 0 aliphatic heterocycles. The fourth-order valence-electron chi connectivity index (χ4n) is 1.05. The molecule has 0 unspecified atom stereocenters. The molecule has 0 saturated heterocycles. The number of carboxylic acid groups (broad SMARTS) is 1. The summed E-state index contributed by atoms with van der Waals surface area (Å²) >= 11 is 0. The van der Waals surface area contributed by atoms with Crippen molar-refractivity contribution in [2.45, 2.75) is 26.4 Å². The summed E-state index contributed by atoms with van der Waals surface area (Å²) in [5.41, 5.74) is 0. The van der Waals surface area contributed by atoms with Crippen molar-refractivity contribution in [3.05, 3.63) is 0 Å². The SMILES string of the molecule is CCN(CC)C[C@H](O)CC(=O)O. The second-order valence-corrected chi connectivity index (χ2v) is 2.74. The van der Waals surface area contributed by atoms with Crippen LogP contribution < -0.4 is 0 Å². The van der Waals surface area contributed by atoms with Crippen LogP contribution >= 0.6 is 0 Å². The Kier molecular flexibility index (Phi) is 5.66. The van der Waals surface area contributed by atoms with E-state index in [1.165, 1.54) is 0 Å². The van der Waals surface area contributed by atoms with Crippen molar-refractivity contribution in [2.75, 3.05) is 19.6 Å². The molecule has 0 aromatic rings. The van der Waals surface area contributed by atoms with Crippen molar-refractivity contribution in [2.24, 2.45) is 0 Å². The number of carbonyl (C=O) groups is 1. The number of aliphatic carboxylic acids is 1. The second-order valence-electron chi connectivity index (χ2n) is 2.74. The summed E-state index contributed by atoms with van der Waals surface area (Å²) in [5, 5.41) is 17.6. The van der Waals surface area contributed by atoms with Gasteiger partial charge in [-0.05, 0) is 13.1 Å². The number of hydrogen-bond acceptors (Lipinski definition) is 3. The van der Waals surface area contributed by atoms with E-state index in [0.29, 0.717) is 6.54 Å². The molecule has 0 heterocycles. The molecular formula is C8H17NO3. The minimum absolute atomic E-state index is 0.170. The van der Waals surface area contributed by atoms with Gasteiger partial charge < -0.3 is 15.1 Å². The van der Waals surface area contributed by atoms with Crippen molar-refractivity contribution < 1.29 is 15.0 Å². The Labute approximate surface area is 72.8 Å². The van der Waals surface area contributed by atoms with E-state index < -0.39 is 12.1 Å². The Balaban J connectivity index is 3.65. The summed E-state index contributed by atoms with van der Waals surface area (Å²) in [6.45, 7) is 6.09. The molecule has 0 aliphatic rings. The molecule has 4 nitrogen and oxygen atoms in total. The standard InChI is InChI=1S/C8H17NO3/c1-3-9(4-2)6-7(10)5-8(11)12/h7,10H,3-6H2,1-2H3,(H,11,12)/t7-/m1/s1. The first kappa shape index (κ1) is 11.4. The first-order valence-corrected chi connectivity index (χ1v) is 4.22. The van der Waals surface area contributed by atoms with Crippen LogP contribution in [-0.2, 0) is 4.79 Å². The average Bonchev–Trinajstić information content (AvgIpc) is 1.98. The van der Waals surface area contributed by atoms with Crippen LogP contribution in [0.1, 0.15) is 20.3 Å². The van der Waals surface area contributed by atoms with Gasteiger partial charge in [-0.15, -0.1) is 0 Å². The summed E-state index contributed by atoms with van der Waals surface area (Å²) in [7, 11) is 0. The molecule has 0 rings (SSSR count). The molecule has 0 aromatic heterocycles. The Morgan fingerprint density at radius 3 is 2.25 bits per heavy atom. The zero-order valence-electron chi connectivity index (χ0n) is 7.66. The fraction of sp³-hybridized carbons (Fsp3) is 0.875. The molecule has 1 atom stereocenters. The molecule has 0 amide bonds. The molecule has 2 N–H and O–H groups in total. The molecule has 0 spiro atoms. The van der Waals surface area contributed by atoms with Crippen LogP contribution in [0.5, 0.6) is 0 Å². The van der Waals surface area contributed by atoms with Crippen LogP contribution in [0.3, 0.4) is 0 Å². The van der Waals surface area contributed by atoms with Crippen LogP contribution in [-0.4, -0.2) is 46.8 Å². The highest BCUT2D eigenvalue weighted by atomic mass is 16.4. The number of likely N-dealkylation sites (N-methyl/N-ethyl adjacent to an activating group) is 1. The van der Waals surface area contributed by atoms with Crippen molar-refractivity contribution in [3.8, 4) is 0 Å². The van der Waals surface area contributed by atoms with Gasteiger partial charge in [0.1, 0.15) is 0 Å². The smallest absolute Gasteiger partial charge is 0.306 e. The Morgan fingerprint density at radius 1 is 1.42 bits per heavy atom. The molecule has 4 heteroatoms. The average molecular weight is 175 g/mol. The fourth-order valence-corrected chi connectivity index (χ4v) is 1.05. The predicted octanol–water partition coefficient (Wildman–Crippen LogP) is 0.164. The van der Waals surface area contributed by atoms with Gasteiger partial charge in [0, 0.05) is 6.54 Å². The number of carboxylic acids is 1. The predicted molar refractivity (Wildman–Crippen MR) is 46.0 cm³/mol. The van der Waals surface area contributed by atoms with Gasteiger partial charge >= 0.3 is 5.97 Å². The normalized spacial score (nSPS) is 13.3. The quantitative estimate of drug-likeness (QED) is 0.604. The van der Waals surface area contributed by atoms with E-state index in [9.17, 15) is 9.90 Å². The van der Waals surface area contributed by atoms with E-state index in [1.807, 2.05) is 18.7 Å². The molecule has 12 heavy (non-hydrogen) atoms. The molecule has 0 aromatic carbocycles. The van der Waals surface area contributed by atoms with Crippen LogP contribution in [0.4, 0.5) is 0 Å². The van der Waals surface area contributed by atoms with E-state index in [1.54, 1.807) is 0 Å². The zero-order chi connectivity index (χ0) is 9.56. The van der Waals surface area contributed by atoms with Gasteiger partial charge in [0.2, 0.25) is 0 Å². The van der Waals surface area contributed by atoms with Gasteiger partial charge in [0.15, 0.2) is 0 Å². The Hall–Kier alpha value is -0.610. The van der Waals surface area contributed by atoms with Crippen molar-refractivity contribution in [1.82, 2.24) is 4.90 Å². The molecule has 0 aliphatic carbocycles. The highest BCUT2D eigenvalue weighted by molar-refractivity contribution is 5.67. The minimum atomic E-state index is -0.949. The van der Waals surface area contributed by atoms with E-state index in [-0.39, 0.29) is 6.42 Å². The van der Waals surface area contributed by atoms with Gasteiger partial charge in [-0.1, -0.05) is 13.8 Å². The van der Waals surface area contributed by atoms with E-state index >= 15 is 0 Å². The summed E-state index contributed by atoms with van der Waals surface area (Å²) < 4.78 is 0. The highest BCUT2D eigenvalue weighted by Crippen LogP contribution is 1.96. The van der Waals surface area contributed by atoms with Gasteiger partial charge in [0.05, 0.1) is 12.5 Å². The lowest BCUT2D eigenvalue weighted by atomic mass is 10.2. The van der Waals surface area contributed by atoms with Gasteiger partial charge in [-0.25, -0.2) is 0 Å². The second kappa shape index (κ2) is 5.97. The monoisotopic (exact) mass is 175 g/mol. The third-order valence-electron chi connectivity index (χ3n) is 1.77. The van der Waals surface area contributed by atoms with Crippen molar-refractivity contribution in [1.29, 1.82) is 0 Å². The largest absolute Gasteiger partial charge is 0.481 e. The maximum Gasteiger partial charge on any atom is 0.306 e. The molecule has 72 valence electrons. The van der Waals surface area contributed by atoms with E-state index in [4.69, 9.17) is 5.11 Å². The van der Waals surface area contributed by atoms with Crippen molar-refractivity contribution in [3.63, 3.8) is 0 Å². The Bertz CT molecular complexity index is 134. The van der Waals surface area contributed by atoms with Gasteiger partial charge in [-0.2, -0.15) is 0 Å². The number of hydrogen-bond donors (Lipinski definition) is 2. The molecule has 0 fully saturated rings. The third-order valence-corrected chi connectivity index (χ3v) is 1.77. The summed E-state index contributed by atoms with van der Waals surface area (Å²) in [4.78, 5) is 12.2. The maximum atomic E-state index is 10.2. The summed E-state index contributed by atoms with van der Waals surface area (Å²) in [5.74, 6) is -0.949. The highest BCUT2D eigenvalue weighted by Gasteiger charge is 2.11. The third kappa shape index (κ3) is 5.09. The number of nitrogens with zero attached hydrogens (tertiary/aromatic N) is 1. The van der Waals surface area contributed by atoms with Crippen LogP contribution in [0.15, 0.2) is 0 Å². The summed E-state index contributed by atoms with van der Waals surface area (Å²) in [6.07, 6.45) is -0.918. The lowest BCUT2D eigenvalue weighted by Gasteiger charge is -2.20. The lowest BCUT2D eigenvalue weighted by molar-refractivity contribution is -0.139. The lowest BCUT2D eigenvalue weighted by Crippen LogP contribution is -2.33.